The molecule has 0 aromatic heterocycles. The van der Waals surface area contributed by atoms with Crippen molar-refractivity contribution in [1.29, 1.82) is 0 Å². The van der Waals surface area contributed by atoms with Gasteiger partial charge in [0.05, 0.1) is 24.0 Å². The van der Waals surface area contributed by atoms with Crippen LogP contribution in [0.5, 0.6) is 0 Å². The summed E-state index contributed by atoms with van der Waals surface area (Å²) in [6.07, 6.45) is -15.6. The predicted molar refractivity (Wildman–Crippen MR) is 126 cm³/mol. The van der Waals surface area contributed by atoms with Gasteiger partial charge in [0.1, 0.15) is 48.8 Å². The molecule has 10 atom stereocenters. The van der Waals surface area contributed by atoms with E-state index in [1.165, 1.54) is 0 Å². The molecule has 2 aromatic rings. The average Bonchev–Trinajstić information content (AvgIpc) is 2.94. The lowest BCUT2D eigenvalue weighted by atomic mass is 9.97. The first-order chi connectivity index (χ1) is 17.7. The van der Waals surface area contributed by atoms with Crippen molar-refractivity contribution in [2.24, 2.45) is 0 Å². The van der Waals surface area contributed by atoms with E-state index < -0.39 is 85.4 Å². The Kier molecular flexibility index (Phi) is 11.1. The number of ether oxygens (including phenoxy) is 3. The van der Waals surface area contributed by atoms with Crippen LogP contribution in [0.15, 0.2) is 70.5 Å². The average molecular weight is 545 g/mol. The Hall–Kier alpha value is -1.85. The van der Waals surface area contributed by atoms with E-state index in [4.69, 9.17) is 19.3 Å². The molecule has 2 aliphatic heterocycles. The largest absolute Gasteiger partial charge is 0.394 e. The van der Waals surface area contributed by atoms with E-state index in [0.29, 0.717) is 0 Å². The highest BCUT2D eigenvalue weighted by atomic mass is 32.2. The molecule has 0 aliphatic carbocycles. The minimum absolute atomic E-state index is 0.667. The summed E-state index contributed by atoms with van der Waals surface area (Å²) in [6, 6.07) is 19.0. The van der Waals surface area contributed by atoms with Gasteiger partial charge >= 0.3 is 0 Å². The van der Waals surface area contributed by atoms with E-state index in [0.717, 1.165) is 9.79 Å². The fourth-order valence-electron chi connectivity index (χ4n) is 3.79. The van der Waals surface area contributed by atoms with Gasteiger partial charge in [0.2, 0.25) is 0 Å². The lowest BCUT2D eigenvalue weighted by molar-refractivity contribution is -0.355. The first-order valence-corrected chi connectivity index (χ1v) is 12.6. The van der Waals surface area contributed by atoms with Crippen molar-refractivity contribution in [3.8, 4) is 0 Å². The summed E-state index contributed by atoms with van der Waals surface area (Å²) < 4.78 is 27.2. The molecule has 37 heavy (non-hydrogen) atoms. The van der Waals surface area contributed by atoms with E-state index in [1.54, 1.807) is 0 Å². The van der Waals surface area contributed by atoms with Crippen LogP contribution in [-0.2, 0) is 25.0 Å². The van der Waals surface area contributed by atoms with Crippen LogP contribution in [0.25, 0.3) is 0 Å². The Morgan fingerprint density at radius 1 is 0.649 bits per heavy atom. The third-order valence-electron chi connectivity index (χ3n) is 5.89. The Labute approximate surface area is 215 Å². The van der Waals surface area contributed by atoms with Crippen LogP contribution in [0.2, 0.25) is 0 Å². The number of hydrogen-bond acceptors (Lipinski definition) is 12. The van der Waals surface area contributed by atoms with Gasteiger partial charge in [-0.3, -0.25) is 0 Å². The zero-order chi connectivity index (χ0) is 27.1. The third kappa shape index (κ3) is 7.17. The summed E-state index contributed by atoms with van der Waals surface area (Å²) in [6.45, 7) is -1.35. The lowest BCUT2D eigenvalue weighted by Gasteiger charge is -2.45. The van der Waals surface area contributed by atoms with Gasteiger partial charge in [0.25, 0.3) is 0 Å². The van der Waals surface area contributed by atoms with Gasteiger partial charge in [0, 0.05) is 9.79 Å². The summed E-state index contributed by atoms with van der Waals surface area (Å²) in [4.78, 5) is 1.69. The predicted octanol–water partition coefficient (Wildman–Crippen LogP) is -2.54. The molecule has 12 nitrogen and oxygen atoms in total. The lowest BCUT2D eigenvalue weighted by Crippen LogP contribution is -2.64. The molecule has 8 N–H and O–H groups in total. The van der Waals surface area contributed by atoms with Gasteiger partial charge in [-0.1, -0.05) is 36.4 Å². The van der Waals surface area contributed by atoms with Crippen LogP contribution in [0.3, 0.4) is 0 Å². The van der Waals surface area contributed by atoms with E-state index >= 15 is 0 Å². The van der Waals surface area contributed by atoms with Crippen molar-refractivity contribution in [3.05, 3.63) is 60.7 Å². The molecular formula is C24H32O12S. The fourth-order valence-corrected chi connectivity index (χ4v) is 4.87. The van der Waals surface area contributed by atoms with Gasteiger partial charge in [-0.25, -0.2) is 4.21 Å². The van der Waals surface area contributed by atoms with Crippen LogP contribution in [0, 0.1) is 0 Å². The normalized spacial score (nSPS) is 36.0. The first kappa shape index (κ1) is 29.7. The standard InChI is InChI=1S/C12H22O11.C12H10OS/c13-1-3-5(15)6(16)9(19)12(22-3)23-10-4(2-14)21-11(20)8(18)7(10)17;13-14(11-7-3-1-4-8-11)12-9-5-2-6-10-12/h3-20H,1-2H2;1-10H/t3-,4-,5+,6+,7-,8-,9-,10-,11?,12+;/m1./s1. The fraction of sp³-hybridized carbons (Fsp3) is 0.500. The summed E-state index contributed by atoms with van der Waals surface area (Å²) in [7, 11) is -1.05. The van der Waals surface area contributed by atoms with Crippen LogP contribution in [0.4, 0.5) is 0 Å². The molecule has 4 rings (SSSR count). The van der Waals surface area contributed by atoms with Gasteiger partial charge in [-0.2, -0.15) is 0 Å². The van der Waals surface area contributed by atoms with Crippen LogP contribution in [0.1, 0.15) is 0 Å². The molecule has 0 spiro atoms. The zero-order valence-corrected chi connectivity index (χ0v) is 20.4. The van der Waals surface area contributed by atoms with Gasteiger partial charge in [-0.15, -0.1) is 0 Å². The Morgan fingerprint density at radius 2 is 1.16 bits per heavy atom. The topological polar surface area (TPSA) is 207 Å². The van der Waals surface area contributed by atoms with Crippen LogP contribution < -0.4 is 0 Å². The summed E-state index contributed by atoms with van der Waals surface area (Å²) in [5.41, 5.74) is 0. The number of aliphatic hydroxyl groups excluding tert-OH is 8. The molecule has 0 bridgehead atoms. The summed E-state index contributed by atoms with van der Waals surface area (Å²) >= 11 is 0. The second-order valence-electron chi connectivity index (χ2n) is 8.42. The number of hydrogen-bond donors (Lipinski definition) is 8. The minimum Gasteiger partial charge on any atom is -0.394 e. The second-order valence-corrected chi connectivity index (χ2v) is 9.90. The molecule has 0 saturated carbocycles. The maximum Gasteiger partial charge on any atom is 0.187 e. The third-order valence-corrected chi connectivity index (χ3v) is 7.29. The quantitative estimate of drug-likeness (QED) is 0.189. The molecule has 1 unspecified atom stereocenters. The van der Waals surface area contributed by atoms with Crippen LogP contribution in [-0.4, -0.2) is 120 Å². The van der Waals surface area contributed by atoms with Crippen molar-refractivity contribution < 1.29 is 59.3 Å². The first-order valence-electron chi connectivity index (χ1n) is 11.5. The molecule has 13 heteroatoms. The summed E-state index contributed by atoms with van der Waals surface area (Å²) in [5.74, 6) is 0. The molecule has 2 aromatic carbocycles. The van der Waals surface area contributed by atoms with Crippen LogP contribution >= 0.6 is 0 Å². The van der Waals surface area contributed by atoms with Gasteiger partial charge in [-0.05, 0) is 24.3 Å². The van der Waals surface area contributed by atoms with Crippen molar-refractivity contribution in [3.63, 3.8) is 0 Å². The molecule has 0 radical (unpaired) electrons. The van der Waals surface area contributed by atoms with E-state index in [-0.39, 0.29) is 0 Å². The second kappa shape index (κ2) is 13.8. The van der Waals surface area contributed by atoms with Crippen molar-refractivity contribution in [2.75, 3.05) is 13.2 Å². The molecule has 0 amide bonds. The Balaban J connectivity index is 0.000000231. The van der Waals surface area contributed by atoms with E-state index in [9.17, 15) is 40.0 Å². The summed E-state index contributed by atoms with van der Waals surface area (Å²) in [5, 5.41) is 76.5. The maximum atomic E-state index is 12.0. The zero-order valence-electron chi connectivity index (χ0n) is 19.6. The molecule has 2 fully saturated rings. The number of aliphatic hydroxyl groups is 8. The van der Waals surface area contributed by atoms with Crippen molar-refractivity contribution >= 4 is 10.8 Å². The maximum absolute atomic E-state index is 12.0. The van der Waals surface area contributed by atoms with Crippen molar-refractivity contribution in [2.45, 2.75) is 71.2 Å². The minimum atomic E-state index is -1.74. The highest BCUT2D eigenvalue weighted by Gasteiger charge is 2.50. The Bertz CT molecular complexity index is 921. The van der Waals surface area contributed by atoms with Crippen molar-refractivity contribution in [1.82, 2.24) is 0 Å². The molecule has 2 aliphatic rings. The molecule has 206 valence electrons. The Morgan fingerprint density at radius 3 is 1.65 bits per heavy atom. The highest BCUT2D eigenvalue weighted by molar-refractivity contribution is 7.85. The molecule has 2 heterocycles. The number of rotatable bonds is 6. The molecular weight excluding hydrogens is 512 g/mol. The highest BCUT2D eigenvalue weighted by Crippen LogP contribution is 2.28. The van der Waals surface area contributed by atoms with Gasteiger partial charge < -0.3 is 55.1 Å². The molecule has 2 saturated heterocycles. The smallest absolute Gasteiger partial charge is 0.187 e. The SMILES string of the molecule is O=S(c1ccccc1)c1ccccc1.OC[C@H]1O[C@@H](O[C@H]2[C@H](O)[C@@H](O)C(O)O[C@@H]2CO)[C@H](O)[C@@H](O)[C@H]1O. The monoisotopic (exact) mass is 544 g/mol. The van der Waals surface area contributed by atoms with E-state index in [1.807, 2.05) is 60.7 Å². The van der Waals surface area contributed by atoms with Gasteiger partial charge in [0.15, 0.2) is 12.6 Å². The van der Waals surface area contributed by atoms with E-state index in [2.05, 4.69) is 0 Å². The number of benzene rings is 2.